The monoisotopic (exact) mass is 251 g/mol. The van der Waals surface area contributed by atoms with Crippen molar-refractivity contribution in [3.63, 3.8) is 0 Å². The van der Waals surface area contributed by atoms with Gasteiger partial charge < -0.3 is 15.1 Å². The summed E-state index contributed by atoms with van der Waals surface area (Å²) in [5.74, 6) is 1.84. The van der Waals surface area contributed by atoms with Crippen LogP contribution in [0, 0.1) is 11.8 Å². The first-order valence-electron chi connectivity index (χ1n) is 7.92. The molecule has 1 N–H and O–H groups in total. The van der Waals surface area contributed by atoms with Gasteiger partial charge in [0.15, 0.2) is 0 Å². The van der Waals surface area contributed by atoms with Crippen LogP contribution in [0.2, 0.25) is 0 Å². The summed E-state index contributed by atoms with van der Waals surface area (Å²) in [6.07, 6.45) is 4.21. The number of hydrogen-bond acceptors (Lipinski definition) is 3. The van der Waals surface area contributed by atoms with Gasteiger partial charge in [-0.1, -0.05) is 0 Å². The second-order valence-corrected chi connectivity index (χ2v) is 6.90. The third-order valence-corrected chi connectivity index (χ3v) is 5.35. The van der Waals surface area contributed by atoms with E-state index < -0.39 is 0 Å². The van der Waals surface area contributed by atoms with Crippen molar-refractivity contribution in [3.05, 3.63) is 0 Å². The molecule has 3 nitrogen and oxygen atoms in total. The Morgan fingerprint density at radius 2 is 1.89 bits per heavy atom. The summed E-state index contributed by atoms with van der Waals surface area (Å²) in [4.78, 5) is 5.27. The third kappa shape index (κ3) is 2.73. The van der Waals surface area contributed by atoms with Crippen molar-refractivity contribution in [2.75, 3.05) is 39.3 Å². The van der Waals surface area contributed by atoms with Gasteiger partial charge in [-0.15, -0.1) is 0 Å². The number of piperidine rings is 1. The molecule has 3 rings (SSSR count). The number of nitrogens with one attached hydrogen (secondary N) is 1. The van der Waals surface area contributed by atoms with Gasteiger partial charge in [-0.2, -0.15) is 0 Å². The molecule has 0 radical (unpaired) electrons. The van der Waals surface area contributed by atoms with Crippen molar-refractivity contribution < 1.29 is 0 Å². The lowest BCUT2D eigenvalue weighted by atomic mass is 9.93. The molecule has 3 aliphatic heterocycles. The molecule has 2 bridgehead atoms. The van der Waals surface area contributed by atoms with E-state index in [0.29, 0.717) is 0 Å². The molecule has 104 valence electrons. The molecule has 0 spiro atoms. The van der Waals surface area contributed by atoms with Crippen LogP contribution in [-0.4, -0.2) is 61.2 Å². The first kappa shape index (κ1) is 12.9. The van der Waals surface area contributed by atoms with Crippen molar-refractivity contribution in [2.24, 2.45) is 11.8 Å². The van der Waals surface area contributed by atoms with Crippen LogP contribution < -0.4 is 5.32 Å². The fraction of sp³-hybridized carbons (Fsp3) is 1.00. The van der Waals surface area contributed by atoms with Crippen molar-refractivity contribution in [2.45, 2.75) is 45.2 Å². The molecule has 0 aromatic heterocycles. The van der Waals surface area contributed by atoms with Gasteiger partial charge in [-0.25, -0.2) is 0 Å². The molecule has 3 heteroatoms. The van der Waals surface area contributed by atoms with E-state index in [1.54, 1.807) is 0 Å². The number of hydrogen-bond donors (Lipinski definition) is 1. The Labute approximate surface area is 112 Å². The lowest BCUT2D eigenvalue weighted by Gasteiger charge is -2.32. The van der Waals surface area contributed by atoms with Gasteiger partial charge in [-0.05, 0) is 71.1 Å². The Hall–Kier alpha value is -0.120. The van der Waals surface area contributed by atoms with E-state index in [1.165, 1.54) is 58.5 Å². The smallest absolute Gasteiger partial charge is 0.0120 e. The van der Waals surface area contributed by atoms with Crippen LogP contribution in [0.3, 0.4) is 0 Å². The Morgan fingerprint density at radius 1 is 1.06 bits per heavy atom. The van der Waals surface area contributed by atoms with E-state index in [4.69, 9.17) is 0 Å². The first-order chi connectivity index (χ1) is 8.72. The van der Waals surface area contributed by atoms with E-state index >= 15 is 0 Å². The third-order valence-electron chi connectivity index (χ3n) is 5.35. The van der Waals surface area contributed by atoms with Crippen LogP contribution in [0.1, 0.15) is 33.1 Å². The van der Waals surface area contributed by atoms with E-state index in [-0.39, 0.29) is 0 Å². The maximum absolute atomic E-state index is 3.90. The van der Waals surface area contributed by atoms with Crippen molar-refractivity contribution >= 4 is 0 Å². The molecule has 18 heavy (non-hydrogen) atoms. The van der Waals surface area contributed by atoms with Crippen molar-refractivity contribution in [1.82, 2.24) is 15.1 Å². The lowest BCUT2D eigenvalue weighted by Crippen LogP contribution is -2.45. The van der Waals surface area contributed by atoms with Gasteiger partial charge in [0.25, 0.3) is 0 Å². The molecule has 3 heterocycles. The fourth-order valence-corrected chi connectivity index (χ4v) is 4.04. The summed E-state index contributed by atoms with van der Waals surface area (Å²) in [6, 6.07) is 1.55. The summed E-state index contributed by atoms with van der Waals surface area (Å²) in [7, 11) is 0. The van der Waals surface area contributed by atoms with Gasteiger partial charge in [-0.3, -0.25) is 0 Å². The van der Waals surface area contributed by atoms with E-state index in [2.05, 4.69) is 29.0 Å². The first-order valence-corrected chi connectivity index (χ1v) is 7.92. The Morgan fingerprint density at radius 3 is 2.67 bits per heavy atom. The maximum atomic E-state index is 3.90. The summed E-state index contributed by atoms with van der Waals surface area (Å²) >= 11 is 0. The van der Waals surface area contributed by atoms with Gasteiger partial charge >= 0.3 is 0 Å². The molecule has 3 aliphatic rings. The van der Waals surface area contributed by atoms with Crippen LogP contribution in [0.25, 0.3) is 0 Å². The normalized spacial score (nSPS) is 40.8. The van der Waals surface area contributed by atoms with Gasteiger partial charge in [0.2, 0.25) is 0 Å². The quantitative estimate of drug-likeness (QED) is 0.815. The number of fused-ring (bicyclic) bond motifs is 2. The largest absolute Gasteiger partial charge is 0.313 e. The summed E-state index contributed by atoms with van der Waals surface area (Å²) < 4.78 is 0. The van der Waals surface area contributed by atoms with Crippen LogP contribution in [0.4, 0.5) is 0 Å². The van der Waals surface area contributed by atoms with E-state index in [0.717, 1.165) is 23.9 Å². The standard InChI is InChI=1S/C15H29N3/c1-12(2)18-8-3-13(10-18)9-16-15-5-7-17-6-4-14(15)11-17/h12-16H,3-11H2,1-2H3. The second kappa shape index (κ2) is 5.48. The predicted octanol–water partition coefficient (Wildman–Crippen LogP) is 1.40. The van der Waals surface area contributed by atoms with Crippen molar-refractivity contribution in [1.29, 1.82) is 0 Å². The molecular formula is C15H29N3. The lowest BCUT2D eigenvalue weighted by molar-refractivity contribution is 0.213. The number of nitrogens with zero attached hydrogens (tertiary/aromatic N) is 2. The Kier molecular flexibility index (Phi) is 3.92. The minimum atomic E-state index is 0.730. The highest BCUT2D eigenvalue weighted by Crippen LogP contribution is 2.27. The van der Waals surface area contributed by atoms with Crippen LogP contribution >= 0.6 is 0 Å². The summed E-state index contributed by atoms with van der Waals surface area (Å²) in [5.41, 5.74) is 0. The minimum Gasteiger partial charge on any atom is -0.313 e. The molecule has 0 aliphatic carbocycles. The predicted molar refractivity (Wildman–Crippen MR) is 75.8 cm³/mol. The molecular weight excluding hydrogens is 222 g/mol. The van der Waals surface area contributed by atoms with E-state index in [9.17, 15) is 0 Å². The zero-order valence-corrected chi connectivity index (χ0v) is 12.1. The summed E-state index contributed by atoms with van der Waals surface area (Å²) in [6.45, 7) is 12.6. The van der Waals surface area contributed by atoms with E-state index in [1.807, 2.05) is 0 Å². The molecule has 0 aromatic carbocycles. The number of likely N-dealkylation sites (tertiary alicyclic amines) is 1. The molecule has 3 fully saturated rings. The molecule has 4 atom stereocenters. The zero-order chi connectivity index (χ0) is 12.5. The Bertz CT molecular complexity index is 279. The Balaban J connectivity index is 1.42. The van der Waals surface area contributed by atoms with Gasteiger partial charge in [0.1, 0.15) is 0 Å². The van der Waals surface area contributed by atoms with Gasteiger partial charge in [0.05, 0.1) is 0 Å². The van der Waals surface area contributed by atoms with Crippen LogP contribution in [0.15, 0.2) is 0 Å². The van der Waals surface area contributed by atoms with Crippen molar-refractivity contribution in [3.8, 4) is 0 Å². The molecule has 0 amide bonds. The highest BCUT2D eigenvalue weighted by atomic mass is 15.2. The van der Waals surface area contributed by atoms with Crippen LogP contribution in [0.5, 0.6) is 0 Å². The molecule has 0 aromatic rings. The highest BCUT2D eigenvalue weighted by Gasteiger charge is 2.34. The summed E-state index contributed by atoms with van der Waals surface area (Å²) in [5, 5.41) is 3.90. The molecule has 0 saturated carbocycles. The van der Waals surface area contributed by atoms with Crippen LogP contribution in [-0.2, 0) is 0 Å². The maximum Gasteiger partial charge on any atom is 0.0120 e. The molecule has 4 unspecified atom stereocenters. The van der Waals surface area contributed by atoms with Gasteiger partial charge in [0, 0.05) is 25.2 Å². The SMILES string of the molecule is CC(C)N1CCC(CNC2CCN3CCC2C3)C1. The fourth-order valence-electron chi connectivity index (χ4n) is 4.04. The minimum absolute atomic E-state index is 0.730. The number of rotatable bonds is 4. The molecule has 3 saturated heterocycles. The topological polar surface area (TPSA) is 18.5 Å². The second-order valence-electron chi connectivity index (χ2n) is 6.90. The average molecular weight is 251 g/mol. The average Bonchev–Trinajstić information content (AvgIpc) is 2.96. The highest BCUT2D eigenvalue weighted by molar-refractivity contribution is 4.91. The zero-order valence-electron chi connectivity index (χ0n) is 12.1.